The Morgan fingerprint density at radius 2 is 1.87 bits per heavy atom. The number of nitrogens with two attached hydrogens (primary N) is 1. The van der Waals surface area contributed by atoms with Gasteiger partial charge >= 0.3 is 0 Å². The Bertz CT molecular complexity index is 1250. The van der Waals surface area contributed by atoms with Gasteiger partial charge in [0.25, 0.3) is 0 Å². The van der Waals surface area contributed by atoms with Crippen LogP contribution in [0.2, 0.25) is 0 Å². The van der Waals surface area contributed by atoms with Crippen molar-refractivity contribution < 1.29 is 9.53 Å². The number of hydrogen-bond acceptors (Lipinski definition) is 6. The van der Waals surface area contributed by atoms with Crippen LogP contribution in [0.1, 0.15) is 29.7 Å². The van der Waals surface area contributed by atoms with E-state index in [1.54, 1.807) is 13.1 Å². The lowest BCUT2D eigenvalue weighted by atomic mass is 9.99. The molecule has 0 aliphatic rings. The number of nitrogens with zero attached hydrogens (tertiary/aromatic N) is 3. The third kappa shape index (κ3) is 4.45. The monoisotopic (exact) mass is 413 g/mol. The molecule has 156 valence electrons. The Morgan fingerprint density at radius 3 is 2.58 bits per heavy atom. The number of carbonyl (C=O) groups is 1. The molecule has 1 amide bonds. The number of pyridine rings is 1. The van der Waals surface area contributed by atoms with Crippen LogP contribution in [0.15, 0.2) is 61.1 Å². The number of amides is 1. The maximum Gasteiger partial charge on any atom is 0.224 e. The molecule has 3 N–H and O–H groups in total. The summed E-state index contributed by atoms with van der Waals surface area (Å²) in [6.45, 7) is 5.70. The molecule has 2 aromatic heterocycles. The van der Waals surface area contributed by atoms with E-state index in [-0.39, 0.29) is 5.91 Å². The summed E-state index contributed by atoms with van der Waals surface area (Å²) in [5.41, 5.74) is 9.83. The minimum Gasteiger partial charge on any atom is -0.455 e. The van der Waals surface area contributed by atoms with Crippen LogP contribution in [-0.4, -0.2) is 20.9 Å². The molecule has 7 nitrogen and oxygen atoms in total. The summed E-state index contributed by atoms with van der Waals surface area (Å²) in [7, 11) is 0. The van der Waals surface area contributed by atoms with Crippen LogP contribution >= 0.6 is 0 Å². The summed E-state index contributed by atoms with van der Waals surface area (Å²) in [5, 5.41) is 4.16. The van der Waals surface area contributed by atoms with Crippen molar-refractivity contribution in [3.63, 3.8) is 0 Å². The maximum absolute atomic E-state index is 11.6. The molecule has 2 aromatic carbocycles. The van der Waals surface area contributed by atoms with Gasteiger partial charge in [0.05, 0.1) is 17.6 Å². The fraction of sp³-hybridized carbons (Fsp3) is 0.167. The fourth-order valence-electron chi connectivity index (χ4n) is 3.23. The zero-order valence-electron chi connectivity index (χ0n) is 17.6. The van der Waals surface area contributed by atoms with Crippen molar-refractivity contribution in [3.8, 4) is 11.5 Å². The number of carbonyl (C=O) groups excluding carboxylic acids is 1. The number of ether oxygens (including phenoxy) is 1. The Labute approximate surface area is 180 Å². The summed E-state index contributed by atoms with van der Waals surface area (Å²) >= 11 is 0. The minimum atomic E-state index is -0.396. The van der Waals surface area contributed by atoms with E-state index in [1.807, 2.05) is 62.4 Å². The molecule has 31 heavy (non-hydrogen) atoms. The number of primary amides is 1. The number of aryl methyl sites for hydroxylation is 2. The van der Waals surface area contributed by atoms with Crippen molar-refractivity contribution in [1.82, 2.24) is 15.0 Å². The predicted molar refractivity (Wildman–Crippen MR) is 121 cm³/mol. The minimum absolute atomic E-state index is 0.374. The van der Waals surface area contributed by atoms with Crippen molar-refractivity contribution in [2.45, 2.75) is 26.7 Å². The quantitative estimate of drug-likeness (QED) is 0.472. The van der Waals surface area contributed by atoms with Crippen molar-refractivity contribution in [3.05, 3.63) is 77.9 Å². The first kappa shape index (κ1) is 20.3. The highest BCUT2D eigenvalue weighted by Crippen LogP contribution is 2.30. The van der Waals surface area contributed by atoms with Crippen LogP contribution in [0.25, 0.3) is 10.9 Å². The SMILES string of the molecule is Cc1ccc(Oc2ccc(Nc3ncnc4ccc(C(C)C(N)=O)cc34)cc2C)cn1. The summed E-state index contributed by atoms with van der Waals surface area (Å²) in [6, 6.07) is 15.3. The number of benzene rings is 2. The summed E-state index contributed by atoms with van der Waals surface area (Å²) in [4.78, 5) is 24.6. The third-order valence-corrected chi connectivity index (χ3v) is 5.14. The zero-order chi connectivity index (χ0) is 22.0. The molecule has 0 saturated carbocycles. The van der Waals surface area contributed by atoms with Crippen LogP contribution in [0, 0.1) is 13.8 Å². The van der Waals surface area contributed by atoms with E-state index in [0.29, 0.717) is 11.6 Å². The van der Waals surface area contributed by atoms with Crippen molar-refractivity contribution >= 4 is 28.3 Å². The molecule has 0 fully saturated rings. The van der Waals surface area contributed by atoms with Crippen LogP contribution < -0.4 is 15.8 Å². The van der Waals surface area contributed by atoms with Gasteiger partial charge in [0, 0.05) is 16.8 Å². The molecule has 1 unspecified atom stereocenters. The van der Waals surface area contributed by atoms with Gasteiger partial charge in [-0.05, 0) is 74.4 Å². The Morgan fingerprint density at radius 1 is 1.03 bits per heavy atom. The molecule has 0 saturated heterocycles. The highest BCUT2D eigenvalue weighted by Gasteiger charge is 2.14. The van der Waals surface area contributed by atoms with Crippen LogP contribution in [0.5, 0.6) is 11.5 Å². The molecule has 0 spiro atoms. The molecular formula is C24H23N5O2. The topological polar surface area (TPSA) is 103 Å². The average molecular weight is 413 g/mol. The number of anilines is 2. The van der Waals surface area contributed by atoms with Gasteiger partial charge in [0.2, 0.25) is 5.91 Å². The second kappa shape index (κ2) is 8.39. The normalized spacial score (nSPS) is 11.8. The van der Waals surface area contributed by atoms with E-state index in [4.69, 9.17) is 10.5 Å². The van der Waals surface area contributed by atoms with Gasteiger partial charge in [0.15, 0.2) is 0 Å². The van der Waals surface area contributed by atoms with Gasteiger partial charge in [0.1, 0.15) is 23.6 Å². The second-order valence-corrected chi connectivity index (χ2v) is 7.47. The van der Waals surface area contributed by atoms with Crippen LogP contribution in [-0.2, 0) is 4.79 Å². The Kier molecular flexibility index (Phi) is 5.49. The second-order valence-electron chi connectivity index (χ2n) is 7.47. The molecule has 2 heterocycles. The molecule has 0 radical (unpaired) electrons. The van der Waals surface area contributed by atoms with Crippen LogP contribution in [0.4, 0.5) is 11.5 Å². The first-order valence-electron chi connectivity index (χ1n) is 9.93. The standard InChI is InChI=1S/C24H23N5O2/c1-14-10-18(6-9-22(14)31-19-7-4-15(2)26-12-19)29-24-20-11-17(16(3)23(25)30)5-8-21(20)27-13-28-24/h4-13,16H,1-3H3,(H2,25,30)(H,27,28,29). The lowest BCUT2D eigenvalue weighted by Gasteiger charge is -2.13. The van der Waals surface area contributed by atoms with Crippen molar-refractivity contribution in [1.29, 1.82) is 0 Å². The van der Waals surface area contributed by atoms with E-state index < -0.39 is 5.92 Å². The largest absolute Gasteiger partial charge is 0.455 e. The number of aromatic nitrogens is 3. The van der Waals surface area contributed by atoms with Gasteiger partial charge < -0.3 is 15.8 Å². The van der Waals surface area contributed by atoms with E-state index in [9.17, 15) is 4.79 Å². The average Bonchev–Trinajstić information content (AvgIpc) is 2.76. The van der Waals surface area contributed by atoms with Gasteiger partial charge in [-0.2, -0.15) is 0 Å². The van der Waals surface area contributed by atoms with Crippen molar-refractivity contribution in [2.24, 2.45) is 5.73 Å². The molecule has 4 aromatic rings. The first-order chi connectivity index (χ1) is 14.9. The molecule has 0 bridgehead atoms. The molecule has 7 heteroatoms. The number of nitrogens with one attached hydrogen (secondary N) is 1. The molecule has 0 aliphatic heterocycles. The number of hydrogen-bond donors (Lipinski definition) is 2. The molecule has 4 rings (SSSR count). The third-order valence-electron chi connectivity index (χ3n) is 5.14. The highest BCUT2D eigenvalue weighted by atomic mass is 16.5. The lowest BCUT2D eigenvalue weighted by molar-refractivity contribution is -0.119. The van der Waals surface area contributed by atoms with E-state index in [2.05, 4.69) is 20.3 Å². The smallest absolute Gasteiger partial charge is 0.224 e. The fourth-order valence-corrected chi connectivity index (χ4v) is 3.23. The number of rotatable bonds is 6. The van der Waals surface area contributed by atoms with Crippen molar-refractivity contribution in [2.75, 3.05) is 5.32 Å². The maximum atomic E-state index is 11.6. The molecule has 1 atom stereocenters. The van der Waals surface area contributed by atoms with E-state index in [1.165, 1.54) is 6.33 Å². The van der Waals surface area contributed by atoms with Gasteiger partial charge in [-0.15, -0.1) is 0 Å². The van der Waals surface area contributed by atoms with Crippen LogP contribution in [0.3, 0.4) is 0 Å². The summed E-state index contributed by atoms with van der Waals surface area (Å²) < 4.78 is 5.94. The molecule has 0 aliphatic carbocycles. The number of fused-ring (bicyclic) bond motifs is 1. The first-order valence-corrected chi connectivity index (χ1v) is 9.93. The molecular weight excluding hydrogens is 390 g/mol. The van der Waals surface area contributed by atoms with E-state index in [0.717, 1.165) is 39.2 Å². The van der Waals surface area contributed by atoms with Gasteiger partial charge in [-0.1, -0.05) is 6.07 Å². The summed E-state index contributed by atoms with van der Waals surface area (Å²) in [6.07, 6.45) is 3.22. The Hall–Kier alpha value is -4.00. The zero-order valence-corrected chi connectivity index (χ0v) is 17.6. The predicted octanol–water partition coefficient (Wildman–Crippen LogP) is 4.77. The van der Waals surface area contributed by atoms with Gasteiger partial charge in [-0.25, -0.2) is 9.97 Å². The Balaban J connectivity index is 1.61. The van der Waals surface area contributed by atoms with Gasteiger partial charge in [-0.3, -0.25) is 9.78 Å². The highest BCUT2D eigenvalue weighted by molar-refractivity contribution is 5.92. The summed E-state index contributed by atoms with van der Waals surface area (Å²) in [5.74, 6) is 1.32. The van der Waals surface area contributed by atoms with E-state index >= 15 is 0 Å². The lowest BCUT2D eigenvalue weighted by Crippen LogP contribution is -2.18.